The molecule has 3 rings (SSSR count). The Kier molecular flexibility index (Phi) is 3.35. The molecule has 0 amide bonds. The number of carbonyl (C=O) groups is 1. The molecule has 1 aliphatic rings. The number of aliphatic hydroxyl groups excluding tert-OH is 1. The topological polar surface area (TPSA) is 66.8 Å². The summed E-state index contributed by atoms with van der Waals surface area (Å²) in [5, 5.41) is 19.7. The number of halogens is 1. The minimum atomic E-state index is -1.14. The third kappa shape index (κ3) is 2.48. The first-order chi connectivity index (χ1) is 10.1. The summed E-state index contributed by atoms with van der Waals surface area (Å²) in [7, 11) is 0. The van der Waals surface area contributed by atoms with Gasteiger partial charge < -0.3 is 14.9 Å². The van der Waals surface area contributed by atoms with Crippen molar-refractivity contribution in [2.45, 2.75) is 6.10 Å². The number of aromatic hydroxyl groups is 1. The second-order valence-electron chi connectivity index (χ2n) is 4.96. The summed E-state index contributed by atoms with van der Waals surface area (Å²) in [6, 6.07) is 9.72. The highest BCUT2D eigenvalue weighted by molar-refractivity contribution is 5.99. The summed E-state index contributed by atoms with van der Waals surface area (Å²) in [4.78, 5) is 12.4. The van der Waals surface area contributed by atoms with E-state index in [0.717, 1.165) is 0 Å². The predicted molar refractivity (Wildman–Crippen MR) is 72.8 cm³/mol. The molecule has 2 atom stereocenters. The van der Waals surface area contributed by atoms with Crippen LogP contribution in [0.5, 0.6) is 11.5 Å². The zero-order chi connectivity index (χ0) is 15.0. The van der Waals surface area contributed by atoms with Crippen LogP contribution in [0.3, 0.4) is 0 Å². The lowest BCUT2D eigenvalue weighted by molar-refractivity contribution is 0.0415. The number of ether oxygens (including phenoxy) is 1. The quantitative estimate of drug-likeness (QED) is 0.833. The molecule has 2 unspecified atom stereocenters. The fourth-order valence-corrected chi connectivity index (χ4v) is 2.46. The zero-order valence-corrected chi connectivity index (χ0v) is 11.0. The Labute approximate surface area is 120 Å². The highest BCUT2D eigenvalue weighted by Crippen LogP contribution is 2.37. The molecule has 0 bridgehead atoms. The van der Waals surface area contributed by atoms with Gasteiger partial charge in [-0.15, -0.1) is 0 Å². The summed E-state index contributed by atoms with van der Waals surface area (Å²) in [5.74, 6) is -1.33. The van der Waals surface area contributed by atoms with E-state index in [2.05, 4.69) is 0 Å². The number of carbonyl (C=O) groups excluding carboxylic acids is 1. The maximum atomic E-state index is 13.3. The van der Waals surface area contributed by atoms with Crippen LogP contribution >= 0.6 is 0 Å². The van der Waals surface area contributed by atoms with Crippen molar-refractivity contribution in [2.75, 3.05) is 6.61 Å². The van der Waals surface area contributed by atoms with E-state index >= 15 is 0 Å². The number of benzene rings is 2. The number of fused-ring (bicyclic) bond motifs is 1. The molecule has 2 N–H and O–H groups in total. The van der Waals surface area contributed by atoms with Crippen molar-refractivity contribution in [1.82, 2.24) is 0 Å². The molecule has 0 spiro atoms. The first kappa shape index (κ1) is 13.6. The van der Waals surface area contributed by atoms with Gasteiger partial charge >= 0.3 is 0 Å². The molecular formula is C16H13FO4. The van der Waals surface area contributed by atoms with Gasteiger partial charge in [-0.1, -0.05) is 12.1 Å². The van der Waals surface area contributed by atoms with Crippen molar-refractivity contribution in [1.29, 1.82) is 0 Å². The highest BCUT2D eigenvalue weighted by Gasteiger charge is 2.35. The van der Waals surface area contributed by atoms with Gasteiger partial charge in [-0.05, 0) is 30.3 Å². The number of hydrogen-bond acceptors (Lipinski definition) is 4. The molecule has 0 aromatic heterocycles. The number of Topliss-reactive ketones (excluding diaryl/α,β-unsaturated/α-hetero) is 1. The van der Waals surface area contributed by atoms with Crippen LogP contribution in [0.15, 0.2) is 42.5 Å². The number of hydrogen-bond donors (Lipinski definition) is 2. The monoisotopic (exact) mass is 288 g/mol. The molecule has 0 aliphatic carbocycles. The number of rotatable bonds is 2. The van der Waals surface area contributed by atoms with E-state index in [-0.39, 0.29) is 29.3 Å². The minimum Gasteiger partial charge on any atom is -0.508 e. The number of aliphatic hydroxyl groups is 1. The van der Waals surface area contributed by atoms with Crippen LogP contribution in [0.2, 0.25) is 0 Å². The molecule has 2 aromatic carbocycles. The fraction of sp³-hybridized carbons (Fsp3) is 0.188. The largest absolute Gasteiger partial charge is 0.508 e. The van der Waals surface area contributed by atoms with Crippen molar-refractivity contribution in [3.8, 4) is 11.5 Å². The summed E-state index contributed by atoms with van der Waals surface area (Å²) in [5.41, 5.74) is 0.544. The molecule has 108 valence electrons. The van der Waals surface area contributed by atoms with Crippen LogP contribution in [0, 0.1) is 11.7 Å². The second-order valence-corrected chi connectivity index (χ2v) is 4.96. The van der Waals surface area contributed by atoms with Crippen LogP contribution in [0.4, 0.5) is 4.39 Å². The first-order valence-electron chi connectivity index (χ1n) is 6.50. The van der Waals surface area contributed by atoms with Gasteiger partial charge in [0.2, 0.25) is 0 Å². The number of phenolic OH excluding ortho intramolecular Hbond substituents is 1. The van der Waals surface area contributed by atoms with Gasteiger partial charge in [0.05, 0.1) is 12.0 Å². The van der Waals surface area contributed by atoms with E-state index in [1.165, 1.54) is 30.3 Å². The molecular weight excluding hydrogens is 275 g/mol. The average Bonchev–Trinajstić information content (AvgIpc) is 2.47. The highest BCUT2D eigenvalue weighted by atomic mass is 19.1. The Hall–Kier alpha value is -2.40. The lowest BCUT2D eigenvalue weighted by Gasteiger charge is -2.29. The predicted octanol–water partition coefficient (Wildman–Crippen LogP) is 2.46. The van der Waals surface area contributed by atoms with Crippen LogP contribution in [-0.4, -0.2) is 22.6 Å². The Morgan fingerprint density at radius 3 is 2.81 bits per heavy atom. The summed E-state index contributed by atoms with van der Waals surface area (Å²) in [6.07, 6.45) is -1.14. The minimum absolute atomic E-state index is 0.00822. The standard InChI is InChI=1S/C16H13FO4/c17-10-4-5-14-12(7-10)16(20)13(8-21-14)15(19)9-2-1-3-11(18)6-9/h1-7,13,16,18,20H,8H2. The van der Waals surface area contributed by atoms with E-state index in [4.69, 9.17) is 4.74 Å². The Balaban J connectivity index is 1.92. The lowest BCUT2D eigenvalue weighted by atomic mass is 9.87. The van der Waals surface area contributed by atoms with E-state index in [1.807, 2.05) is 0 Å². The van der Waals surface area contributed by atoms with E-state index in [1.54, 1.807) is 12.1 Å². The molecule has 21 heavy (non-hydrogen) atoms. The van der Waals surface area contributed by atoms with Gasteiger partial charge in [0, 0.05) is 11.1 Å². The first-order valence-corrected chi connectivity index (χ1v) is 6.50. The van der Waals surface area contributed by atoms with Crippen LogP contribution < -0.4 is 4.74 Å². The van der Waals surface area contributed by atoms with E-state index in [9.17, 15) is 19.4 Å². The van der Waals surface area contributed by atoms with Gasteiger partial charge in [0.15, 0.2) is 5.78 Å². The van der Waals surface area contributed by atoms with E-state index in [0.29, 0.717) is 5.75 Å². The molecule has 0 radical (unpaired) electrons. The third-order valence-corrected chi connectivity index (χ3v) is 3.56. The molecule has 0 saturated carbocycles. The van der Waals surface area contributed by atoms with Crippen molar-refractivity contribution in [3.63, 3.8) is 0 Å². The summed E-state index contributed by atoms with van der Waals surface area (Å²) < 4.78 is 18.7. The third-order valence-electron chi connectivity index (χ3n) is 3.56. The van der Waals surface area contributed by atoms with Gasteiger partial charge in [-0.25, -0.2) is 4.39 Å². The molecule has 1 heterocycles. The normalized spacial score (nSPS) is 20.5. The summed E-state index contributed by atoms with van der Waals surface area (Å²) >= 11 is 0. The Morgan fingerprint density at radius 2 is 2.05 bits per heavy atom. The summed E-state index contributed by atoms with van der Waals surface area (Å²) in [6.45, 7) is 0.00822. The number of ketones is 1. The second kappa shape index (κ2) is 5.18. The Morgan fingerprint density at radius 1 is 1.24 bits per heavy atom. The van der Waals surface area contributed by atoms with Gasteiger partial charge in [-0.3, -0.25) is 4.79 Å². The molecule has 1 aliphatic heterocycles. The zero-order valence-electron chi connectivity index (χ0n) is 11.0. The molecule has 5 heteroatoms. The van der Waals surface area contributed by atoms with Gasteiger partial charge in [-0.2, -0.15) is 0 Å². The van der Waals surface area contributed by atoms with Gasteiger partial charge in [0.25, 0.3) is 0 Å². The van der Waals surface area contributed by atoms with Crippen molar-refractivity contribution >= 4 is 5.78 Å². The smallest absolute Gasteiger partial charge is 0.172 e. The maximum Gasteiger partial charge on any atom is 0.172 e. The maximum absolute atomic E-state index is 13.3. The van der Waals surface area contributed by atoms with Crippen LogP contribution in [0.1, 0.15) is 22.0 Å². The lowest BCUT2D eigenvalue weighted by Crippen LogP contribution is -2.32. The molecule has 2 aromatic rings. The average molecular weight is 288 g/mol. The van der Waals surface area contributed by atoms with E-state index < -0.39 is 17.8 Å². The van der Waals surface area contributed by atoms with Crippen molar-refractivity contribution in [2.24, 2.45) is 5.92 Å². The fourth-order valence-electron chi connectivity index (χ4n) is 2.46. The molecule has 4 nitrogen and oxygen atoms in total. The Bertz CT molecular complexity index is 698. The number of phenols is 1. The SMILES string of the molecule is O=C(c1cccc(O)c1)C1COc2ccc(F)cc2C1O. The van der Waals surface area contributed by atoms with Crippen molar-refractivity contribution in [3.05, 3.63) is 59.4 Å². The van der Waals surface area contributed by atoms with Crippen LogP contribution in [0.25, 0.3) is 0 Å². The molecule has 0 fully saturated rings. The van der Waals surface area contributed by atoms with Crippen LogP contribution in [-0.2, 0) is 0 Å². The van der Waals surface area contributed by atoms with Crippen molar-refractivity contribution < 1.29 is 24.1 Å². The molecule has 0 saturated heterocycles. The van der Waals surface area contributed by atoms with Gasteiger partial charge in [0.1, 0.15) is 23.9 Å².